The van der Waals surface area contributed by atoms with Crippen molar-refractivity contribution in [1.82, 2.24) is 5.32 Å². The summed E-state index contributed by atoms with van der Waals surface area (Å²) in [6.45, 7) is 2.83. The van der Waals surface area contributed by atoms with Crippen LogP contribution >= 0.6 is 0 Å². The first-order valence-corrected chi connectivity index (χ1v) is 36.2. The van der Waals surface area contributed by atoms with Crippen molar-refractivity contribution in [2.24, 2.45) is 0 Å². The summed E-state index contributed by atoms with van der Waals surface area (Å²) in [5.74, 6) is -0.233. The van der Waals surface area contributed by atoms with E-state index in [0.717, 1.165) is 44.9 Å². The third-order valence-electron chi connectivity index (χ3n) is 17.8. The Kier molecular flexibility index (Phi) is 53.4. The third-order valence-corrected chi connectivity index (χ3v) is 17.8. The number of allylic oxidation sites excluding steroid dienone is 5. The molecule has 14 heteroatoms. The summed E-state index contributed by atoms with van der Waals surface area (Å²) < 4.78 is 22.9. The molecule has 14 nitrogen and oxygen atoms in total. The number of amides is 1. The maximum atomic E-state index is 13.3. The van der Waals surface area contributed by atoms with Gasteiger partial charge in [-0.25, -0.2) is 0 Å². The summed E-state index contributed by atoms with van der Waals surface area (Å²) in [4.78, 5) is 13.3. The number of carbonyl (C=O) groups is 1. The lowest BCUT2D eigenvalue weighted by Gasteiger charge is -2.46. The molecule has 2 heterocycles. The molecule has 2 saturated heterocycles. The Bertz CT molecular complexity index is 1580. The van der Waals surface area contributed by atoms with Gasteiger partial charge in [0.2, 0.25) is 5.91 Å². The fraction of sp³-hybridized carbons (Fsp3) is 0.903. The zero-order valence-electron chi connectivity index (χ0n) is 55.1. The van der Waals surface area contributed by atoms with Crippen LogP contribution in [0.3, 0.4) is 0 Å². The van der Waals surface area contributed by atoms with Crippen LogP contribution in [0.1, 0.15) is 322 Å². The number of rotatable bonds is 60. The van der Waals surface area contributed by atoms with E-state index in [1.807, 2.05) is 6.08 Å². The number of nitrogens with one attached hydrogen (secondary N) is 1. The second-order valence-corrected chi connectivity index (χ2v) is 25.7. The van der Waals surface area contributed by atoms with Crippen LogP contribution in [0.5, 0.6) is 0 Å². The van der Waals surface area contributed by atoms with Crippen molar-refractivity contribution in [1.29, 1.82) is 0 Å². The van der Waals surface area contributed by atoms with E-state index < -0.39 is 86.8 Å². The smallest absolute Gasteiger partial charge is 0.220 e. The number of hydrogen-bond acceptors (Lipinski definition) is 13. The average Bonchev–Trinajstić information content (AvgIpc) is 2.46. The van der Waals surface area contributed by atoms with Crippen LogP contribution in [0.2, 0.25) is 0 Å². The van der Waals surface area contributed by atoms with Crippen LogP contribution < -0.4 is 5.32 Å². The van der Waals surface area contributed by atoms with Gasteiger partial charge in [-0.15, -0.1) is 0 Å². The van der Waals surface area contributed by atoms with Crippen LogP contribution in [0.4, 0.5) is 0 Å². The fourth-order valence-electron chi connectivity index (χ4n) is 12.0. The summed E-state index contributed by atoms with van der Waals surface area (Å²) in [5, 5.41) is 87.4. The van der Waals surface area contributed by atoms with Crippen molar-refractivity contribution in [3.8, 4) is 0 Å². The van der Waals surface area contributed by atoms with E-state index in [1.54, 1.807) is 6.08 Å². The minimum atomic E-state index is -1.79. The summed E-state index contributed by atoms with van der Waals surface area (Å²) in [5.41, 5.74) is 0. The van der Waals surface area contributed by atoms with Gasteiger partial charge in [-0.05, 0) is 51.4 Å². The standard InChI is InChI=1S/C72H135NO13/c1-3-5-7-9-11-13-15-17-19-21-22-23-24-25-26-27-28-29-30-31-32-33-34-35-36-37-38-40-42-44-46-48-50-52-54-56-64(77)73-60(61(76)55-53-51-49-47-45-43-41-39-20-18-16-14-12-10-8-6-4-2)59-83-71-69(82)67(80)70(63(58-75)85-71)86-72-68(81)66(79)65(78)62(57-74)84-72/h15,17,21-22,53,55,60-63,65-72,74-76,78-82H,3-14,16,18-20,23-52,54,56-59H2,1-2H3,(H,73,77)/b17-15-,22-21-,55-53+. The molecule has 0 aliphatic carbocycles. The summed E-state index contributed by atoms with van der Waals surface area (Å²) in [6, 6.07) is -0.913. The predicted molar refractivity (Wildman–Crippen MR) is 351 cm³/mol. The second kappa shape index (κ2) is 57.1. The maximum Gasteiger partial charge on any atom is 0.220 e. The maximum absolute atomic E-state index is 13.3. The minimum Gasteiger partial charge on any atom is -0.394 e. The molecular weight excluding hydrogens is 1090 g/mol. The number of aliphatic hydroxyl groups is 8. The highest BCUT2D eigenvalue weighted by Crippen LogP contribution is 2.30. The fourth-order valence-corrected chi connectivity index (χ4v) is 12.0. The Morgan fingerprint density at radius 2 is 0.767 bits per heavy atom. The van der Waals surface area contributed by atoms with Crippen LogP contribution in [0, 0.1) is 0 Å². The van der Waals surface area contributed by atoms with Crippen LogP contribution in [0.15, 0.2) is 36.5 Å². The van der Waals surface area contributed by atoms with Gasteiger partial charge in [-0.3, -0.25) is 4.79 Å². The predicted octanol–water partition coefficient (Wildman–Crippen LogP) is 14.9. The lowest BCUT2D eigenvalue weighted by atomic mass is 9.97. The van der Waals surface area contributed by atoms with Gasteiger partial charge in [0.25, 0.3) is 0 Å². The van der Waals surface area contributed by atoms with Crippen molar-refractivity contribution in [2.75, 3.05) is 19.8 Å². The molecule has 0 radical (unpaired) electrons. The first-order valence-electron chi connectivity index (χ1n) is 36.2. The Balaban J connectivity index is 1.60. The number of hydrogen-bond donors (Lipinski definition) is 9. The van der Waals surface area contributed by atoms with Crippen molar-refractivity contribution >= 4 is 5.91 Å². The zero-order valence-corrected chi connectivity index (χ0v) is 55.1. The molecule has 0 spiro atoms. The van der Waals surface area contributed by atoms with Gasteiger partial charge in [-0.2, -0.15) is 0 Å². The third kappa shape index (κ3) is 40.8. The molecule has 506 valence electrons. The normalized spacial score (nSPS) is 23.6. The first kappa shape index (κ1) is 80.3. The highest BCUT2D eigenvalue weighted by Gasteiger charge is 2.51. The van der Waals surface area contributed by atoms with Crippen molar-refractivity contribution in [3.05, 3.63) is 36.5 Å². The Labute approximate surface area is 525 Å². The summed E-state index contributed by atoms with van der Waals surface area (Å²) in [7, 11) is 0. The Morgan fingerprint density at radius 3 is 1.16 bits per heavy atom. The molecule has 0 bridgehead atoms. The monoisotopic (exact) mass is 1220 g/mol. The van der Waals surface area contributed by atoms with E-state index in [-0.39, 0.29) is 18.9 Å². The van der Waals surface area contributed by atoms with Gasteiger partial charge >= 0.3 is 0 Å². The molecule has 2 aliphatic heterocycles. The number of ether oxygens (including phenoxy) is 4. The van der Waals surface area contributed by atoms with Gasteiger partial charge in [0.15, 0.2) is 12.6 Å². The van der Waals surface area contributed by atoms with E-state index in [4.69, 9.17) is 18.9 Å². The Morgan fingerprint density at radius 1 is 0.419 bits per heavy atom. The molecule has 12 unspecified atom stereocenters. The van der Waals surface area contributed by atoms with Gasteiger partial charge in [0, 0.05) is 6.42 Å². The van der Waals surface area contributed by atoms with Gasteiger partial charge in [-0.1, -0.05) is 301 Å². The molecule has 0 saturated carbocycles. The molecule has 0 aromatic carbocycles. The largest absolute Gasteiger partial charge is 0.394 e. The molecule has 12 atom stereocenters. The molecular formula is C72H135NO13. The number of unbranched alkanes of at least 4 members (excludes halogenated alkanes) is 43. The molecule has 2 fully saturated rings. The highest BCUT2D eigenvalue weighted by molar-refractivity contribution is 5.76. The first-order chi connectivity index (χ1) is 42.1. The quantitative estimate of drug-likeness (QED) is 0.0204. The summed E-state index contributed by atoms with van der Waals surface area (Å²) >= 11 is 0. The van der Waals surface area contributed by atoms with Crippen molar-refractivity contribution in [3.63, 3.8) is 0 Å². The molecule has 1 amide bonds. The van der Waals surface area contributed by atoms with Gasteiger partial charge in [0.05, 0.1) is 32.0 Å². The molecule has 0 aromatic rings. The highest BCUT2D eigenvalue weighted by atomic mass is 16.7. The van der Waals surface area contributed by atoms with Crippen molar-refractivity contribution < 1.29 is 64.6 Å². The van der Waals surface area contributed by atoms with E-state index in [1.165, 1.54) is 250 Å². The number of aliphatic hydroxyl groups excluding tert-OH is 8. The molecule has 2 rings (SSSR count). The van der Waals surface area contributed by atoms with E-state index >= 15 is 0 Å². The topological polar surface area (TPSA) is 228 Å². The second-order valence-electron chi connectivity index (χ2n) is 25.7. The van der Waals surface area contributed by atoms with E-state index in [0.29, 0.717) is 6.42 Å². The molecule has 2 aliphatic rings. The lowest BCUT2D eigenvalue weighted by Crippen LogP contribution is -2.65. The van der Waals surface area contributed by atoms with E-state index in [9.17, 15) is 45.6 Å². The summed E-state index contributed by atoms with van der Waals surface area (Å²) in [6.07, 6.45) is 56.4. The average molecular weight is 1220 g/mol. The van der Waals surface area contributed by atoms with Crippen molar-refractivity contribution in [2.45, 2.75) is 396 Å². The Hall–Kier alpha value is -1.79. The minimum absolute atomic E-state index is 0.233. The molecule has 0 aromatic heterocycles. The number of carbonyl (C=O) groups excluding carboxylic acids is 1. The van der Waals surface area contributed by atoms with Gasteiger partial charge in [0.1, 0.15) is 48.8 Å². The SMILES string of the molecule is CCCCCCC/C=C\C/C=C\CCCCCCCCCCCCCCCCCCCCCCCCCC(=O)NC(COC1OC(CO)C(OC2OC(CO)C(O)C(O)C2O)C(O)C1O)C(O)/C=C/CCCCCCCCCCCCCCCCC. The van der Waals surface area contributed by atoms with E-state index in [2.05, 4.69) is 43.5 Å². The van der Waals surface area contributed by atoms with Crippen LogP contribution in [-0.4, -0.2) is 140 Å². The van der Waals surface area contributed by atoms with Gasteiger partial charge < -0.3 is 65.1 Å². The lowest BCUT2D eigenvalue weighted by molar-refractivity contribution is -0.359. The van der Waals surface area contributed by atoms with Crippen LogP contribution in [-0.2, 0) is 23.7 Å². The van der Waals surface area contributed by atoms with Crippen LogP contribution in [0.25, 0.3) is 0 Å². The molecule has 86 heavy (non-hydrogen) atoms. The zero-order chi connectivity index (χ0) is 62.3. The molecule has 9 N–H and O–H groups in total.